The highest BCUT2D eigenvalue weighted by molar-refractivity contribution is 6.30. The van der Waals surface area contributed by atoms with Crippen molar-refractivity contribution in [3.05, 3.63) is 64.7 Å². The minimum absolute atomic E-state index is 0.161. The summed E-state index contributed by atoms with van der Waals surface area (Å²) in [6.07, 6.45) is 0. The average molecular weight is 286 g/mol. The van der Waals surface area contributed by atoms with Crippen LogP contribution in [0.2, 0.25) is 5.02 Å². The van der Waals surface area contributed by atoms with Crippen LogP contribution in [-0.4, -0.2) is 18.7 Å². The van der Waals surface area contributed by atoms with Crippen molar-refractivity contribution in [2.24, 2.45) is 0 Å². The SMILES string of the molecule is CN1C(=O)C(c2ccc(Cl)cc2)C(=O)c2ccccc21. The molecule has 0 aliphatic carbocycles. The Labute approximate surface area is 121 Å². The standard InChI is InChI=1S/C16H12ClNO2/c1-18-13-5-3-2-4-12(13)15(19)14(16(18)20)10-6-8-11(17)9-7-10/h2-9,14H,1H3. The maximum atomic E-state index is 12.6. The van der Waals surface area contributed by atoms with E-state index in [2.05, 4.69) is 0 Å². The number of benzene rings is 2. The Morgan fingerprint density at radius 3 is 2.35 bits per heavy atom. The molecule has 3 rings (SSSR count). The predicted octanol–water partition coefficient (Wildman–Crippen LogP) is 3.28. The van der Waals surface area contributed by atoms with Crippen LogP contribution in [0.3, 0.4) is 0 Å². The second-order valence-corrected chi connectivity index (χ2v) is 5.20. The molecule has 2 aromatic rings. The van der Waals surface area contributed by atoms with E-state index in [-0.39, 0.29) is 11.7 Å². The molecule has 0 radical (unpaired) electrons. The van der Waals surface area contributed by atoms with Crippen molar-refractivity contribution in [3.8, 4) is 0 Å². The fraction of sp³-hybridized carbons (Fsp3) is 0.125. The van der Waals surface area contributed by atoms with E-state index in [0.29, 0.717) is 21.8 Å². The van der Waals surface area contributed by atoms with Crippen LogP contribution in [0.25, 0.3) is 0 Å². The molecular weight excluding hydrogens is 274 g/mol. The lowest BCUT2D eigenvalue weighted by Gasteiger charge is -2.30. The van der Waals surface area contributed by atoms with Gasteiger partial charge in [0.15, 0.2) is 5.78 Å². The third-order valence-electron chi connectivity index (χ3n) is 3.57. The van der Waals surface area contributed by atoms with Crippen molar-refractivity contribution < 1.29 is 9.59 Å². The van der Waals surface area contributed by atoms with Crippen molar-refractivity contribution in [2.75, 3.05) is 11.9 Å². The van der Waals surface area contributed by atoms with Gasteiger partial charge in [-0.05, 0) is 29.8 Å². The van der Waals surface area contributed by atoms with Gasteiger partial charge in [0.05, 0.1) is 5.69 Å². The topological polar surface area (TPSA) is 37.4 Å². The van der Waals surface area contributed by atoms with Crippen molar-refractivity contribution in [2.45, 2.75) is 5.92 Å². The number of para-hydroxylation sites is 1. The largest absolute Gasteiger partial charge is 0.314 e. The summed E-state index contributed by atoms with van der Waals surface area (Å²) >= 11 is 5.85. The van der Waals surface area contributed by atoms with Crippen molar-refractivity contribution in [1.29, 1.82) is 0 Å². The first-order valence-electron chi connectivity index (χ1n) is 6.26. The number of amides is 1. The lowest BCUT2D eigenvalue weighted by molar-refractivity contribution is -0.119. The number of likely N-dealkylation sites (N-methyl/N-ethyl adjacent to an activating group) is 1. The minimum Gasteiger partial charge on any atom is -0.314 e. The van der Waals surface area contributed by atoms with E-state index >= 15 is 0 Å². The van der Waals surface area contributed by atoms with Gasteiger partial charge in [-0.25, -0.2) is 0 Å². The van der Waals surface area contributed by atoms with Gasteiger partial charge in [-0.3, -0.25) is 9.59 Å². The van der Waals surface area contributed by atoms with Gasteiger partial charge in [0.25, 0.3) is 0 Å². The Bertz CT molecular complexity index is 694. The number of carbonyl (C=O) groups is 2. The third-order valence-corrected chi connectivity index (χ3v) is 3.83. The number of ketones is 1. The van der Waals surface area contributed by atoms with Crippen LogP contribution in [0, 0.1) is 0 Å². The van der Waals surface area contributed by atoms with Gasteiger partial charge in [0.2, 0.25) is 5.91 Å². The molecule has 0 aromatic heterocycles. The van der Waals surface area contributed by atoms with E-state index in [1.54, 1.807) is 49.5 Å². The molecule has 1 atom stereocenters. The fourth-order valence-corrected chi connectivity index (χ4v) is 2.63. The molecule has 1 aliphatic heterocycles. The van der Waals surface area contributed by atoms with E-state index < -0.39 is 5.92 Å². The van der Waals surface area contributed by atoms with E-state index in [1.807, 2.05) is 6.07 Å². The summed E-state index contributed by atoms with van der Waals surface area (Å²) in [5.74, 6) is -1.16. The Balaban J connectivity index is 2.12. The van der Waals surface area contributed by atoms with Gasteiger partial charge in [-0.15, -0.1) is 0 Å². The Morgan fingerprint density at radius 1 is 1.00 bits per heavy atom. The fourth-order valence-electron chi connectivity index (χ4n) is 2.50. The highest BCUT2D eigenvalue weighted by atomic mass is 35.5. The third kappa shape index (κ3) is 1.91. The van der Waals surface area contributed by atoms with Crippen LogP contribution in [0.15, 0.2) is 48.5 Å². The molecule has 1 heterocycles. The zero-order chi connectivity index (χ0) is 14.3. The molecule has 1 amide bonds. The van der Waals surface area contributed by atoms with Crippen molar-refractivity contribution in [3.63, 3.8) is 0 Å². The molecule has 4 heteroatoms. The molecule has 0 fully saturated rings. The quantitative estimate of drug-likeness (QED) is 0.754. The predicted molar refractivity (Wildman–Crippen MR) is 78.4 cm³/mol. The first-order chi connectivity index (χ1) is 9.59. The molecule has 100 valence electrons. The van der Waals surface area contributed by atoms with E-state index in [0.717, 1.165) is 0 Å². The number of Topliss-reactive ketones (excluding diaryl/α,β-unsaturated/α-hetero) is 1. The van der Waals surface area contributed by atoms with E-state index in [1.165, 1.54) is 4.90 Å². The molecule has 2 aromatic carbocycles. The van der Waals surface area contributed by atoms with Crippen LogP contribution in [-0.2, 0) is 4.79 Å². The monoisotopic (exact) mass is 285 g/mol. The number of carbonyl (C=O) groups excluding carboxylic acids is 2. The Hall–Kier alpha value is -2.13. The average Bonchev–Trinajstić information content (AvgIpc) is 2.47. The number of rotatable bonds is 1. The van der Waals surface area contributed by atoms with Gasteiger partial charge in [-0.2, -0.15) is 0 Å². The van der Waals surface area contributed by atoms with Crippen LogP contribution in [0.4, 0.5) is 5.69 Å². The smallest absolute Gasteiger partial charge is 0.242 e. The summed E-state index contributed by atoms with van der Waals surface area (Å²) in [6.45, 7) is 0. The molecule has 3 nitrogen and oxygen atoms in total. The summed E-state index contributed by atoms with van der Waals surface area (Å²) in [5.41, 5.74) is 1.91. The van der Waals surface area contributed by atoms with Crippen molar-refractivity contribution >= 4 is 29.0 Å². The highest BCUT2D eigenvalue weighted by Crippen LogP contribution is 2.34. The first-order valence-corrected chi connectivity index (χ1v) is 6.63. The lowest BCUT2D eigenvalue weighted by Crippen LogP contribution is -2.40. The van der Waals surface area contributed by atoms with Gasteiger partial charge in [0.1, 0.15) is 5.92 Å². The number of hydrogen-bond donors (Lipinski definition) is 0. The summed E-state index contributed by atoms with van der Waals surface area (Å²) in [4.78, 5) is 26.6. The van der Waals surface area contributed by atoms with Crippen LogP contribution >= 0.6 is 11.6 Å². The molecule has 1 aliphatic rings. The molecule has 0 bridgehead atoms. The Morgan fingerprint density at radius 2 is 1.65 bits per heavy atom. The molecule has 0 N–H and O–H groups in total. The van der Waals surface area contributed by atoms with E-state index in [9.17, 15) is 9.59 Å². The molecule has 0 spiro atoms. The molecule has 20 heavy (non-hydrogen) atoms. The highest BCUT2D eigenvalue weighted by Gasteiger charge is 2.38. The van der Waals surface area contributed by atoms with Gasteiger partial charge >= 0.3 is 0 Å². The first kappa shape index (κ1) is 12.9. The summed E-state index contributed by atoms with van der Waals surface area (Å²) in [7, 11) is 1.69. The van der Waals surface area contributed by atoms with Gasteiger partial charge in [0, 0.05) is 17.6 Å². The number of nitrogens with zero attached hydrogens (tertiary/aromatic N) is 1. The lowest BCUT2D eigenvalue weighted by atomic mass is 9.85. The maximum Gasteiger partial charge on any atom is 0.242 e. The van der Waals surface area contributed by atoms with Crippen LogP contribution in [0.1, 0.15) is 21.8 Å². The Kier molecular flexibility index (Phi) is 3.07. The summed E-state index contributed by atoms with van der Waals surface area (Å²) in [6, 6.07) is 14.0. The zero-order valence-electron chi connectivity index (χ0n) is 10.8. The minimum atomic E-state index is -0.785. The number of hydrogen-bond acceptors (Lipinski definition) is 2. The zero-order valence-corrected chi connectivity index (χ0v) is 11.6. The molecular formula is C16H12ClNO2. The summed E-state index contributed by atoms with van der Waals surface area (Å²) < 4.78 is 0. The molecule has 0 saturated heterocycles. The van der Waals surface area contributed by atoms with Gasteiger partial charge in [-0.1, -0.05) is 35.9 Å². The van der Waals surface area contributed by atoms with E-state index in [4.69, 9.17) is 11.6 Å². The van der Waals surface area contributed by atoms with Gasteiger partial charge < -0.3 is 4.90 Å². The number of anilines is 1. The number of halogens is 1. The van der Waals surface area contributed by atoms with Crippen LogP contribution in [0.5, 0.6) is 0 Å². The normalized spacial score (nSPS) is 18.1. The maximum absolute atomic E-state index is 12.6. The number of fused-ring (bicyclic) bond motifs is 1. The van der Waals surface area contributed by atoms with Crippen molar-refractivity contribution in [1.82, 2.24) is 0 Å². The molecule has 1 unspecified atom stereocenters. The van der Waals surface area contributed by atoms with Crippen LogP contribution < -0.4 is 4.90 Å². The molecule has 0 saturated carbocycles. The summed E-state index contributed by atoms with van der Waals surface area (Å²) in [5, 5.41) is 0.582. The second-order valence-electron chi connectivity index (χ2n) is 4.76. The second kappa shape index (κ2) is 4.76.